The molecule has 0 aliphatic carbocycles. The highest BCUT2D eigenvalue weighted by atomic mass is 79.9. The summed E-state index contributed by atoms with van der Waals surface area (Å²) in [6, 6.07) is 1.72. The highest BCUT2D eigenvalue weighted by Crippen LogP contribution is 2.28. The van der Waals surface area contributed by atoms with Crippen molar-refractivity contribution in [1.29, 1.82) is 0 Å². The smallest absolute Gasteiger partial charge is 0.151 e. The molecule has 0 fully saturated rings. The maximum atomic E-state index is 9.86. The zero-order valence-corrected chi connectivity index (χ0v) is 8.68. The largest absolute Gasteiger partial charge is 0.465 e. The molecule has 14 heavy (non-hydrogen) atoms. The topological polar surface area (TPSA) is 59.2 Å². The number of hydrogen-bond donors (Lipinski definition) is 1. The predicted octanol–water partition coefficient (Wildman–Crippen LogP) is 1.91. The van der Waals surface area contributed by atoms with Gasteiger partial charge < -0.3 is 9.52 Å². The molecule has 0 amide bonds. The van der Waals surface area contributed by atoms with Gasteiger partial charge >= 0.3 is 0 Å². The summed E-state index contributed by atoms with van der Waals surface area (Å²) < 4.78 is 5.86. The van der Waals surface area contributed by atoms with Crippen LogP contribution in [-0.4, -0.2) is 15.1 Å². The Bertz CT molecular complexity index is 416. The Balaban J connectivity index is 2.34. The van der Waals surface area contributed by atoms with Gasteiger partial charge in [0, 0.05) is 18.0 Å². The summed E-state index contributed by atoms with van der Waals surface area (Å²) in [7, 11) is 0. The molecule has 2 rings (SSSR count). The lowest BCUT2D eigenvalue weighted by atomic mass is 10.1. The van der Waals surface area contributed by atoms with Gasteiger partial charge in [-0.1, -0.05) is 0 Å². The van der Waals surface area contributed by atoms with Crippen LogP contribution in [-0.2, 0) is 0 Å². The van der Waals surface area contributed by atoms with Crippen molar-refractivity contribution in [2.24, 2.45) is 0 Å². The van der Waals surface area contributed by atoms with Crippen LogP contribution in [0.15, 0.2) is 39.9 Å². The Labute approximate surface area is 88.7 Å². The minimum Gasteiger partial charge on any atom is -0.465 e. The zero-order valence-electron chi connectivity index (χ0n) is 7.09. The number of aromatic nitrogens is 2. The molecule has 0 saturated carbocycles. The van der Waals surface area contributed by atoms with Crippen LogP contribution in [0.4, 0.5) is 0 Å². The summed E-state index contributed by atoms with van der Waals surface area (Å²) in [5.74, 6) is 0.458. The minimum absolute atomic E-state index is 0.458. The van der Waals surface area contributed by atoms with Crippen LogP contribution in [0.25, 0.3) is 0 Å². The fourth-order valence-corrected chi connectivity index (χ4v) is 1.52. The highest BCUT2D eigenvalue weighted by Gasteiger charge is 2.17. The average Bonchev–Trinajstić information content (AvgIpc) is 2.65. The minimum atomic E-state index is -0.833. The van der Waals surface area contributed by atoms with Crippen LogP contribution in [0, 0.1) is 0 Å². The van der Waals surface area contributed by atoms with Gasteiger partial charge in [0.2, 0.25) is 0 Å². The Kier molecular flexibility index (Phi) is 2.60. The van der Waals surface area contributed by atoms with Crippen LogP contribution in [0.5, 0.6) is 0 Å². The number of aliphatic hydroxyl groups is 1. The molecule has 4 nitrogen and oxygen atoms in total. The van der Waals surface area contributed by atoms with Crippen molar-refractivity contribution in [3.05, 3.63) is 46.8 Å². The maximum Gasteiger partial charge on any atom is 0.151 e. The molecule has 0 spiro atoms. The van der Waals surface area contributed by atoms with Crippen molar-refractivity contribution >= 4 is 15.9 Å². The third kappa shape index (κ3) is 1.69. The van der Waals surface area contributed by atoms with Crippen molar-refractivity contribution in [2.45, 2.75) is 6.10 Å². The van der Waals surface area contributed by atoms with E-state index in [2.05, 4.69) is 25.9 Å². The van der Waals surface area contributed by atoms with E-state index in [0.717, 1.165) is 4.47 Å². The molecule has 0 aliphatic rings. The van der Waals surface area contributed by atoms with E-state index in [1.807, 2.05) is 0 Å². The summed E-state index contributed by atoms with van der Waals surface area (Å²) in [5, 5.41) is 9.86. The second kappa shape index (κ2) is 3.89. The first-order chi connectivity index (χ1) is 6.79. The Morgan fingerprint density at radius 1 is 1.36 bits per heavy atom. The molecule has 0 aliphatic heterocycles. The SMILES string of the molecule is OC(c1cncnc1)c1occc1Br. The van der Waals surface area contributed by atoms with Crippen molar-refractivity contribution in [1.82, 2.24) is 9.97 Å². The molecule has 2 aromatic rings. The van der Waals surface area contributed by atoms with Crippen molar-refractivity contribution in [3.8, 4) is 0 Å². The average molecular weight is 255 g/mol. The van der Waals surface area contributed by atoms with Gasteiger partial charge in [0.1, 0.15) is 12.4 Å². The molecule has 72 valence electrons. The lowest BCUT2D eigenvalue weighted by molar-refractivity contribution is 0.187. The molecule has 1 atom stereocenters. The number of halogens is 1. The molecule has 1 N–H and O–H groups in total. The van der Waals surface area contributed by atoms with Crippen molar-refractivity contribution in [3.63, 3.8) is 0 Å². The fraction of sp³-hybridized carbons (Fsp3) is 0.111. The van der Waals surface area contributed by atoms with Gasteiger partial charge in [0.05, 0.1) is 10.7 Å². The molecular weight excluding hydrogens is 248 g/mol. The van der Waals surface area contributed by atoms with E-state index in [1.165, 1.54) is 12.6 Å². The zero-order chi connectivity index (χ0) is 9.97. The lowest BCUT2D eigenvalue weighted by Gasteiger charge is -2.06. The van der Waals surface area contributed by atoms with Gasteiger partial charge in [-0.3, -0.25) is 0 Å². The van der Waals surface area contributed by atoms with E-state index in [9.17, 15) is 5.11 Å². The Hall–Kier alpha value is -1.20. The van der Waals surface area contributed by atoms with E-state index < -0.39 is 6.10 Å². The molecular formula is C9H7BrN2O2. The number of nitrogens with zero attached hydrogens (tertiary/aromatic N) is 2. The number of rotatable bonds is 2. The van der Waals surface area contributed by atoms with E-state index >= 15 is 0 Å². The second-order valence-corrected chi connectivity index (χ2v) is 3.56. The normalized spacial score (nSPS) is 12.7. The second-order valence-electron chi connectivity index (χ2n) is 2.71. The fourth-order valence-electron chi connectivity index (χ4n) is 1.10. The molecule has 0 radical (unpaired) electrons. The monoisotopic (exact) mass is 254 g/mol. The van der Waals surface area contributed by atoms with Gasteiger partial charge in [0.15, 0.2) is 5.76 Å². The highest BCUT2D eigenvalue weighted by molar-refractivity contribution is 9.10. The molecule has 0 aromatic carbocycles. The summed E-state index contributed by atoms with van der Waals surface area (Å²) in [5.41, 5.74) is 0.600. The molecule has 5 heteroatoms. The summed E-state index contributed by atoms with van der Waals surface area (Å²) in [6.07, 6.45) is 5.18. The van der Waals surface area contributed by atoms with Crippen LogP contribution >= 0.6 is 15.9 Å². The number of aliphatic hydroxyl groups excluding tert-OH is 1. The first-order valence-corrected chi connectivity index (χ1v) is 4.74. The van der Waals surface area contributed by atoms with Gasteiger partial charge in [-0.25, -0.2) is 9.97 Å². The van der Waals surface area contributed by atoms with E-state index in [0.29, 0.717) is 11.3 Å². The Morgan fingerprint density at radius 3 is 2.64 bits per heavy atom. The van der Waals surface area contributed by atoms with Crippen LogP contribution in [0.2, 0.25) is 0 Å². The molecule has 2 heterocycles. The third-order valence-electron chi connectivity index (χ3n) is 1.79. The van der Waals surface area contributed by atoms with Crippen molar-refractivity contribution in [2.75, 3.05) is 0 Å². The van der Waals surface area contributed by atoms with Crippen LogP contribution in [0.3, 0.4) is 0 Å². The predicted molar refractivity (Wildman–Crippen MR) is 52.5 cm³/mol. The quantitative estimate of drug-likeness (QED) is 0.890. The molecule has 2 aromatic heterocycles. The summed E-state index contributed by atoms with van der Waals surface area (Å²) >= 11 is 3.27. The van der Waals surface area contributed by atoms with Gasteiger partial charge in [0.25, 0.3) is 0 Å². The summed E-state index contributed by atoms with van der Waals surface area (Å²) in [4.78, 5) is 7.63. The third-order valence-corrected chi connectivity index (χ3v) is 2.44. The van der Waals surface area contributed by atoms with Gasteiger partial charge in [-0.05, 0) is 22.0 Å². The number of furan rings is 1. The standard InChI is InChI=1S/C9H7BrN2O2/c10-7-1-2-14-9(7)8(13)6-3-11-5-12-4-6/h1-5,8,13H. The lowest BCUT2D eigenvalue weighted by Crippen LogP contribution is -1.99. The van der Waals surface area contributed by atoms with Gasteiger partial charge in [-0.15, -0.1) is 0 Å². The van der Waals surface area contributed by atoms with Crippen LogP contribution < -0.4 is 0 Å². The Morgan fingerprint density at radius 2 is 2.07 bits per heavy atom. The van der Waals surface area contributed by atoms with Gasteiger partial charge in [-0.2, -0.15) is 0 Å². The molecule has 0 bridgehead atoms. The van der Waals surface area contributed by atoms with Crippen molar-refractivity contribution < 1.29 is 9.52 Å². The van der Waals surface area contributed by atoms with E-state index in [-0.39, 0.29) is 0 Å². The molecule has 0 saturated heterocycles. The first-order valence-electron chi connectivity index (χ1n) is 3.95. The molecule has 1 unspecified atom stereocenters. The van der Waals surface area contributed by atoms with Crippen LogP contribution in [0.1, 0.15) is 17.4 Å². The maximum absolute atomic E-state index is 9.86. The number of hydrogen-bond acceptors (Lipinski definition) is 4. The first kappa shape index (κ1) is 9.36. The van der Waals surface area contributed by atoms with E-state index in [4.69, 9.17) is 4.42 Å². The summed E-state index contributed by atoms with van der Waals surface area (Å²) in [6.45, 7) is 0. The van der Waals surface area contributed by atoms with E-state index in [1.54, 1.807) is 18.5 Å².